The Morgan fingerprint density at radius 1 is 1.62 bits per heavy atom. The molecule has 0 heterocycles. The molecule has 0 nitrogen and oxygen atoms in total. The Kier molecular flexibility index (Phi) is 4.78. The Bertz CT molecular complexity index is 88.6. The van der Waals surface area contributed by atoms with Crippen LogP contribution in [-0.2, 0) is 0 Å². The molecule has 0 radical (unpaired) electrons. The third kappa shape index (κ3) is 5.77. The fourth-order valence-corrected chi connectivity index (χ4v) is 0.509. The van der Waals surface area contributed by atoms with Crippen LogP contribution in [0.3, 0.4) is 0 Å². The van der Waals surface area contributed by atoms with Crippen molar-refractivity contribution in [1.29, 1.82) is 0 Å². The molecule has 1 heteroatoms. The lowest BCUT2D eigenvalue weighted by molar-refractivity contribution is 1.05. The SMILES string of the molecule is C=CCCC=C(C)Cl. The van der Waals surface area contributed by atoms with Crippen molar-refractivity contribution in [3.63, 3.8) is 0 Å². The van der Waals surface area contributed by atoms with E-state index in [4.69, 9.17) is 11.6 Å². The number of hydrogen-bond acceptors (Lipinski definition) is 0. The lowest BCUT2D eigenvalue weighted by Crippen LogP contribution is -1.63. The summed E-state index contributed by atoms with van der Waals surface area (Å²) in [7, 11) is 0. The third-order valence-corrected chi connectivity index (χ3v) is 0.951. The zero-order valence-electron chi connectivity index (χ0n) is 5.15. The molecule has 0 aliphatic rings. The van der Waals surface area contributed by atoms with Crippen LogP contribution < -0.4 is 0 Å². The van der Waals surface area contributed by atoms with E-state index in [2.05, 4.69) is 6.58 Å². The van der Waals surface area contributed by atoms with E-state index in [-0.39, 0.29) is 0 Å². The van der Waals surface area contributed by atoms with E-state index < -0.39 is 0 Å². The highest BCUT2D eigenvalue weighted by molar-refractivity contribution is 6.29. The zero-order chi connectivity index (χ0) is 6.41. The molecule has 0 aromatic rings. The Morgan fingerprint density at radius 3 is 2.62 bits per heavy atom. The number of unbranched alkanes of at least 4 members (excludes halogenated alkanes) is 1. The van der Waals surface area contributed by atoms with E-state index in [1.54, 1.807) is 0 Å². The van der Waals surface area contributed by atoms with Gasteiger partial charge in [-0.05, 0) is 19.8 Å². The molecule has 0 atom stereocenters. The first-order valence-corrected chi connectivity index (χ1v) is 3.08. The van der Waals surface area contributed by atoms with Crippen LogP contribution in [0.15, 0.2) is 23.8 Å². The first kappa shape index (κ1) is 7.77. The molecule has 8 heavy (non-hydrogen) atoms. The molecule has 46 valence electrons. The van der Waals surface area contributed by atoms with E-state index in [0.717, 1.165) is 17.9 Å². The van der Waals surface area contributed by atoms with E-state index >= 15 is 0 Å². The normalized spacial score (nSPS) is 11.5. The monoisotopic (exact) mass is 130 g/mol. The maximum absolute atomic E-state index is 5.54. The van der Waals surface area contributed by atoms with Gasteiger partial charge in [-0.3, -0.25) is 0 Å². The van der Waals surface area contributed by atoms with Crippen molar-refractivity contribution in [3.8, 4) is 0 Å². The molecule has 0 aromatic heterocycles. The van der Waals surface area contributed by atoms with Gasteiger partial charge in [0.25, 0.3) is 0 Å². The molecule has 0 spiro atoms. The summed E-state index contributed by atoms with van der Waals surface area (Å²) in [4.78, 5) is 0. The predicted octanol–water partition coefficient (Wildman–Crippen LogP) is 3.10. The molecule has 0 saturated heterocycles. The Morgan fingerprint density at radius 2 is 2.25 bits per heavy atom. The van der Waals surface area contributed by atoms with Crippen LogP contribution >= 0.6 is 11.6 Å². The number of hydrogen-bond donors (Lipinski definition) is 0. The topological polar surface area (TPSA) is 0 Å². The van der Waals surface area contributed by atoms with Gasteiger partial charge in [-0.15, -0.1) is 6.58 Å². The molecule has 0 aliphatic heterocycles. The summed E-state index contributed by atoms with van der Waals surface area (Å²) in [5, 5.41) is 0.867. The highest BCUT2D eigenvalue weighted by atomic mass is 35.5. The minimum atomic E-state index is 0.867. The van der Waals surface area contributed by atoms with Crippen molar-refractivity contribution in [3.05, 3.63) is 23.8 Å². The standard InChI is InChI=1S/C7H11Cl/c1-3-4-5-6-7(2)8/h3,6H,1,4-5H2,2H3. The summed E-state index contributed by atoms with van der Waals surface area (Å²) in [6.45, 7) is 5.46. The highest BCUT2D eigenvalue weighted by Gasteiger charge is 1.77. The fraction of sp³-hybridized carbons (Fsp3) is 0.429. The summed E-state index contributed by atoms with van der Waals surface area (Å²) in [6, 6.07) is 0. The third-order valence-electron chi connectivity index (χ3n) is 0.796. The van der Waals surface area contributed by atoms with Gasteiger partial charge in [0.1, 0.15) is 0 Å². The van der Waals surface area contributed by atoms with Gasteiger partial charge in [0.2, 0.25) is 0 Å². The van der Waals surface area contributed by atoms with Gasteiger partial charge in [-0.2, -0.15) is 0 Å². The van der Waals surface area contributed by atoms with E-state index in [0.29, 0.717) is 0 Å². The second kappa shape index (κ2) is 4.92. The number of allylic oxidation sites excluding steroid dienone is 3. The van der Waals surface area contributed by atoms with Crippen molar-refractivity contribution < 1.29 is 0 Å². The van der Waals surface area contributed by atoms with Crippen molar-refractivity contribution in [2.45, 2.75) is 19.8 Å². The number of rotatable bonds is 3. The van der Waals surface area contributed by atoms with Crippen molar-refractivity contribution >= 4 is 11.6 Å². The summed E-state index contributed by atoms with van der Waals surface area (Å²) < 4.78 is 0. The highest BCUT2D eigenvalue weighted by Crippen LogP contribution is 2.01. The molecule has 0 rings (SSSR count). The largest absolute Gasteiger partial charge is 0.103 e. The number of halogens is 1. The van der Waals surface area contributed by atoms with E-state index in [1.165, 1.54) is 0 Å². The minimum absolute atomic E-state index is 0.867. The fourth-order valence-electron chi connectivity index (χ4n) is 0.400. The Balaban J connectivity index is 3.15. The van der Waals surface area contributed by atoms with Crippen LogP contribution in [-0.4, -0.2) is 0 Å². The summed E-state index contributed by atoms with van der Waals surface area (Å²) in [5.41, 5.74) is 0. The second-order valence-electron chi connectivity index (χ2n) is 1.66. The lowest BCUT2D eigenvalue weighted by atomic mass is 10.3. The average molecular weight is 131 g/mol. The zero-order valence-corrected chi connectivity index (χ0v) is 5.91. The lowest BCUT2D eigenvalue weighted by Gasteiger charge is -1.84. The van der Waals surface area contributed by atoms with Gasteiger partial charge >= 0.3 is 0 Å². The summed E-state index contributed by atoms with van der Waals surface area (Å²) >= 11 is 5.54. The van der Waals surface area contributed by atoms with E-state index in [9.17, 15) is 0 Å². The maximum Gasteiger partial charge on any atom is 0.0110 e. The first-order valence-electron chi connectivity index (χ1n) is 2.70. The molecule has 0 aromatic carbocycles. The smallest absolute Gasteiger partial charge is 0.0110 e. The summed E-state index contributed by atoms with van der Waals surface area (Å²) in [6.07, 6.45) is 5.91. The van der Waals surface area contributed by atoms with E-state index in [1.807, 2.05) is 19.1 Å². The van der Waals surface area contributed by atoms with Crippen molar-refractivity contribution in [2.24, 2.45) is 0 Å². The van der Waals surface area contributed by atoms with Crippen LogP contribution in [0.5, 0.6) is 0 Å². The first-order chi connectivity index (χ1) is 3.77. The van der Waals surface area contributed by atoms with Crippen LogP contribution in [0.4, 0.5) is 0 Å². The average Bonchev–Trinajstić information content (AvgIpc) is 1.66. The molecule has 0 aliphatic carbocycles. The van der Waals surface area contributed by atoms with Crippen LogP contribution in [0.2, 0.25) is 0 Å². The van der Waals surface area contributed by atoms with Gasteiger partial charge in [0, 0.05) is 5.03 Å². The Labute approximate surface area is 55.9 Å². The minimum Gasteiger partial charge on any atom is -0.103 e. The molecular formula is C7H11Cl. The van der Waals surface area contributed by atoms with Gasteiger partial charge < -0.3 is 0 Å². The van der Waals surface area contributed by atoms with Gasteiger partial charge in [0.15, 0.2) is 0 Å². The second-order valence-corrected chi connectivity index (χ2v) is 2.25. The maximum atomic E-state index is 5.54. The quantitative estimate of drug-likeness (QED) is 0.407. The Hall–Kier alpha value is -0.230. The van der Waals surface area contributed by atoms with Crippen molar-refractivity contribution in [2.75, 3.05) is 0 Å². The van der Waals surface area contributed by atoms with Gasteiger partial charge in [0.05, 0.1) is 0 Å². The van der Waals surface area contributed by atoms with Crippen LogP contribution in [0, 0.1) is 0 Å². The predicted molar refractivity (Wildman–Crippen MR) is 39.0 cm³/mol. The van der Waals surface area contributed by atoms with Crippen molar-refractivity contribution in [1.82, 2.24) is 0 Å². The molecule has 0 N–H and O–H groups in total. The molecular weight excluding hydrogens is 120 g/mol. The van der Waals surface area contributed by atoms with Gasteiger partial charge in [-0.25, -0.2) is 0 Å². The molecule has 0 saturated carbocycles. The molecule has 0 fully saturated rings. The summed E-state index contributed by atoms with van der Waals surface area (Å²) in [5.74, 6) is 0. The molecule has 0 amide bonds. The molecule has 0 bridgehead atoms. The van der Waals surface area contributed by atoms with Crippen LogP contribution in [0.1, 0.15) is 19.8 Å². The van der Waals surface area contributed by atoms with Crippen LogP contribution in [0.25, 0.3) is 0 Å². The molecule has 0 unspecified atom stereocenters. The van der Waals surface area contributed by atoms with Gasteiger partial charge in [-0.1, -0.05) is 23.8 Å².